The highest BCUT2D eigenvalue weighted by molar-refractivity contribution is 7.83. The zero-order chi connectivity index (χ0) is 8.43. The van der Waals surface area contributed by atoms with E-state index in [-0.39, 0.29) is 5.82 Å². The quantitative estimate of drug-likeness (QED) is 0.562. The number of hydrogen-bond donors (Lipinski definition) is 3. The second-order valence-corrected chi connectivity index (χ2v) is 2.93. The molecule has 11 heavy (non-hydrogen) atoms. The number of nitrogens with two attached hydrogens (primary N) is 2. The fourth-order valence-corrected chi connectivity index (χ4v) is 1.38. The number of anilines is 2. The Kier molecular flexibility index (Phi) is 2.20. The van der Waals surface area contributed by atoms with Gasteiger partial charge in [0.1, 0.15) is 0 Å². The van der Waals surface area contributed by atoms with Gasteiger partial charge < -0.3 is 11.5 Å². The summed E-state index contributed by atoms with van der Waals surface area (Å²) >= 11 is 5.00. The molecule has 1 heterocycles. The first-order chi connectivity index (χ1) is 5.13. The lowest BCUT2D eigenvalue weighted by atomic mass is 10.7. The van der Waals surface area contributed by atoms with Crippen molar-refractivity contribution in [3.63, 3.8) is 0 Å². The third-order valence-electron chi connectivity index (χ3n) is 0.976. The summed E-state index contributed by atoms with van der Waals surface area (Å²) in [4.78, 5) is 14.3. The lowest BCUT2D eigenvalue weighted by Crippen LogP contribution is -2.27. The molecule has 0 aliphatic carbocycles. The number of amides is 2. The van der Waals surface area contributed by atoms with Gasteiger partial charge in [-0.3, -0.25) is 0 Å². The normalized spacial score (nSPS) is 9.55. The Morgan fingerprint density at radius 2 is 2.45 bits per heavy atom. The van der Waals surface area contributed by atoms with Gasteiger partial charge in [0.2, 0.25) is 0 Å². The maximum absolute atomic E-state index is 10.5. The summed E-state index contributed by atoms with van der Waals surface area (Å²) in [5.74, 6) is 0.254. The SMILES string of the molecule is NC(=O)N(S)c1scnc1N. The Hall–Kier alpha value is -0.950. The van der Waals surface area contributed by atoms with Gasteiger partial charge in [0.05, 0.1) is 5.51 Å². The minimum atomic E-state index is -0.677. The molecule has 0 saturated heterocycles. The molecule has 2 amide bonds. The topological polar surface area (TPSA) is 85.2 Å². The molecule has 0 bridgehead atoms. The van der Waals surface area contributed by atoms with Crippen LogP contribution in [0.5, 0.6) is 0 Å². The molecule has 0 radical (unpaired) electrons. The second kappa shape index (κ2) is 2.97. The van der Waals surface area contributed by atoms with Gasteiger partial charge >= 0.3 is 6.03 Å². The highest BCUT2D eigenvalue weighted by atomic mass is 32.1. The van der Waals surface area contributed by atoms with E-state index in [0.717, 1.165) is 4.31 Å². The highest BCUT2D eigenvalue weighted by Crippen LogP contribution is 2.27. The maximum Gasteiger partial charge on any atom is 0.330 e. The van der Waals surface area contributed by atoms with Crippen LogP contribution >= 0.6 is 24.2 Å². The number of urea groups is 1. The van der Waals surface area contributed by atoms with Gasteiger partial charge in [-0.05, 0) is 0 Å². The molecule has 0 unspecified atom stereocenters. The standard InChI is InChI=1S/C4H6N4OS2/c5-2-3(11-1-7-2)8(10)4(6)9/h1,10H,5H2,(H2,6,9). The Morgan fingerprint density at radius 1 is 1.82 bits per heavy atom. The second-order valence-electron chi connectivity index (χ2n) is 1.69. The zero-order valence-corrected chi connectivity index (χ0v) is 7.10. The van der Waals surface area contributed by atoms with Gasteiger partial charge in [0, 0.05) is 0 Å². The molecular weight excluding hydrogens is 184 g/mol. The highest BCUT2D eigenvalue weighted by Gasteiger charge is 2.12. The molecule has 0 atom stereocenters. The molecule has 0 aliphatic rings. The van der Waals surface area contributed by atoms with E-state index in [0.29, 0.717) is 5.00 Å². The summed E-state index contributed by atoms with van der Waals surface area (Å²) in [6.07, 6.45) is 0. The first-order valence-electron chi connectivity index (χ1n) is 2.60. The molecule has 0 aliphatic heterocycles. The first-order valence-corrected chi connectivity index (χ1v) is 3.88. The number of hydrogen-bond acceptors (Lipinski definition) is 5. The van der Waals surface area contributed by atoms with E-state index in [1.807, 2.05) is 0 Å². The third-order valence-corrected chi connectivity index (χ3v) is 2.33. The van der Waals surface area contributed by atoms with Crippen molar-refractivity contribution in [3.05, 3.63) is 5.51 Å². The van der Waals surface area contributed by atoms with Crippen LogP contribution in [0, 0.1) is 0 Å². The van der Waals surface area contributed by atoms with Crippen LogP contribution < -0.4 is 15.8 Å². The molecule has 0 aromatic carbocycles. The summed E-state index contributed by atoms with van der Waals surface area (Å²) in [6, 6.07) is -0.677. The fourth-order valence-electron chi connectivity index (χ4n) is 0.507. The molecular formula is C4H6N4OS2. The monoisotopic (exact) mass is 190 g/mol. The number of aromatic nitrogens is 1. The Morgan fingerprint density at radius 3 is 2.82 bits per heavy atom. The molecule has 5 nitrogen and oxygen atoms in total. The lowest BCUT2D eigenvalue weighted by molar-refractivity contribution is 0.257. The lowest BCUT2D eigenvalue weighted by Gasteiger charge is -2.08. The van der Waals surface area contributed by atoms with Crippen LogP contribution in [-0.4, -0.2) is 11.0 Å². The number of primary amides is 1. The summed E-state index contributed by atoms with van der Waals surface area (Å²) in [5, 5.41) is 0.445. The average molecular weight is 190 g/mol. The van der Waals surface area contributed by atoms with Crippen LogP contribution in [-0.2, 0) is 0 Å². The molecule has 7 heteroatoms. The van der Waals surface area contributed by atoms with E-state index < -0.39 is 6.03 Å². The van der Waals surface area contributed by atoms with Gasteiger partial charge in [-0.25, -0.2) is 14.1 Å². The molecule has 60 valence electrons. The molecule has 0 spiro atoms. The number of nitrogens with zero attached hydrogens (tertiary/aromatic N) is 2. The van der Waals surface area contributed by atoms with Crippen molar-refractivity contribution in [1.29, 1.82) is 0 Å². The van der Waals surface area contributed by atoms with Crippen molar-refractivity contribution in [2.24, 2.45) is 5.73 Å². The fraction of sp³-hybridized carbons (Fsp3) is 0. The zero-order valence-electron chi connectivity index (χ0n) is 5.39. The number of thiazole rings is 1. The van der Waals surface area contributed by atoms with E-state index in [4.69, 9.17) is 11.5 Å². The number of thiol groups is 1. The molecule has 4 N–H and O–H groups in total. The van der Waals surface area contributed by atoms with Crippen LogP contribution in [0.2, 0.25) is 0 Å². The predicted octanol–water partition coefficient (Wildman–Crippen LogP) is 0.455. The van der Waals surface area contributed by atoms with Gasteiger partial charge in [-0.1, -0.05) is 12.8 Å². The molecule has 1 aromatic rings. The number of nitrogen functional groups attached to an aromatic ring is 1. The summed E-state index contributed by atoms with van der Waals surface area (Å²) in [6.45, 7) is 0. The van der Waals surface area contributed by atoms with Crippen molar-refractivity contribution in [1.82, 2.24) is 4.98 Å². The van der Waals surface area contributed by atoms with Gasteiger partial charge in [0.25, 0.3) is 0 Å². The van der Waals surface area contributed by atoms with E-state index in [9.17, 15) is 4.79 Å². The minimum Gasteiger partial charge on any atom is -0.381 e. The number of carbonyl (C=O) groups is 1. The number of carbonyl (C=O) groups excluding carboxylic acids is 1. The summed E-state index contributed by atoms with van der Waals surface area (Å²) in [5.41, 5.74) is 11.8. The van der Waals surface area contributed by atoms with Crippen molar-refractivity contribution in [2.45, 2.75) is 0 Å². The summed E-state index contributed by atoms with van der Waals surface area (Å²) < 4.78 is 0.951. The summed E-state index contributed by atoms with van der Waals surface area (Å²) in [7, 11) is 0. The first kappa shape index (κ1) is 8.15. The van der Waals surface area contributed by atoms with E-state index in [2.05, 4.69) is 17.8 Å². The molecule has 1 rings (SSSR count). The Bertz CT molecular complexity index is 273. The van der Waals surface area contributed by atoms with E-state index >= 15 is 0 Å². The van der Waals surface area contributed by atoms with Crippen LogP contribution in [0.25, 0.3) is 0 Å². The molecule has 0 fully saturated rings. The van der Waals surface area contributed by atoms with Crippen LogP contribution in [0.15, 0.2) is 5.51 Å². The average Bonchev–Trinajstić information content (AvgIpc) is 2.33. The molecule has 1 aromatic heterocycles. The largest absolute Gasteiger partial charge is 0.381 e. The molecule has 0 saturated carbocycles. The van der Waals surface area contributed by atoms with Crippen LogP contribution in [0.3, 0.4) is 0 Å². The third kappa shape index (κ3) is 1.55. The van der Waals surface area contributed by atoms with Crippen molar-refractivity contribution in [2.75, 3.05) is 10.0 Å². The van der Waals surface area contributed by atoms with Crippen molar-refractivity contribution in [3.8, 4) is 0 Å². The van der Waals surface area contributed by atoms with Gasteiger partial charge in [-0.15, -0.1) is 11.3 Å². The van der Waals surface area contributed by atoms with Crippen LogP contribution in [0.1, 0.15) is 0 Å². The Labute approximate surface area is 72.5 Å². The van der Waals surface area contributed by atoms with E-state index in [1.165, 1.54) is 16.8 Å². The van der Waals surface area contributed by atoms with Crippen molar-refractivity contribution >= 4 is 41.0 Å². The smallest absolute Gasteiger partial charge is 0.330 e. The maximum atomic E-state index is 10.5. The van der Waals surface area contributed by atoms with Crippen molar-refractivity contribution < 1.29 is 4.79 Å². The van der Waals surface area contributed by atoms with Gasteiger partial charge in [0.15, 0.2) is 10.8 Å². The van der Waals surface area contributed by atoms with E-state index in [1.54, 1.807) is 0 Å². The number of rotatable bonds is 1. The van der Waals surface area contributed by atoms with Gasteiger partial charge in [-0.2, -0.15) is 0 Å². The van der Waals surface area contributed by atoms with Crippen LogP contribution in [0.4, 0.5) is 15.6 Å². The predicted molar refractivity (Wildman–Crippen MR) is 47.6 cm³/mol. The Balaban J connectivity index is 2.92. The minimum absolute atomic E-state index is 0.254.